The van der Waals surface area contributed by atoms with Gasteiger partial charge in [0.15, 0.2) is 5.69 Å². The van der Waals surface area contributed by atoms with Gasteiger partial charge in [-0.05, 0) is 36.1 Å². The van der Waals surface area contributed by atoms with Crippen LogP contribution >= 0.6 is 11.6 Å². The third-order valence-corrected chi connectivity index (χ3v) is 5.70. The third-order valence-electron chi connectivity index (χ3n) is 5.52. The molecule has 0 unspecified atom stereocenters. The number of hydrogen-bond acceptors (Lipinski definition) is 8. The van der Waals surface area contributed by atoms with E-state index in [0.29, 0.717) is 50.2 Å². The smallest absolute Gasteiger partial charge is 0.356 e. The molecule has 0 saturated carbocycles. The van der Waals surface area contributed by atoms with E-state index < -0.39 is 5.97 Å². The number of nitriles is 1. The van der Waals surface area contributed by atoms with Crippen molar-refractivity contribution in [2.24, 2.45) is 5.92 Å². The second-order valence-corrected chi connectivity index (χ2v) is 7.70. The van der Waals surface area contributed by atoms with Crippen molar-refractivity contribution in [3.05, 3.63) is 46.8 Å². The molecule has 0 aliphatic carbocycles. The molecule has 1 N–H and O–H groups in total. The summed E-state index contributed by atoms with van der Waals surface area (Å²) in [7, 11) is 0. The summed E-state index contributed by atoms with van der Waals surface area (Å²) in [6.07, 6.45) is 6.22. The van der Waals surface area contributed by atoms with Gasteiger partial charge in [-0.3, -0.25) is 14.6 Å². The van der Waals surface area contributed by atoms with Crippen LogP contribution in [-0.4, -0.2) is 56.7 Å². The highest BCUT2D eigenvalue weighted by molar-refractivity contribution is 6.28. The van der Waals surface area contributed by atoms with E-state index in [1.54, 1.807) is 12.3 Å². The lowest BCUT2D eigenvalue weighted by atomic mass is 9.94. The number of hydroxylamine groups is 2. The van der Waals surface area contributed by atoms with Crippen molar-refractivity contribution in [2.45, 2.75) is 25.3 Å². The van der Waals surface area contributed by atoms with Crippen LogP contribution in [0.3, 0.4) is 0 Å². The number of anilines is 1. The van der Waals surface area contributed by atoms with Gasteiger partial charge in [-0.25, -0.2) is 19.8 Å². The topological polar surface area (TPSA) is 133 Å². The lowest BCUT2D eigenvalue weighted by molar-refractivity contribution is -0.182. The molecule has 0 spiro atoms. The molecule has 4 rings (SSSR count). The molecule has 1 atom stereocenters. The molecule has 4 heterocycles. The first-order chi connectivity index (χ1) is 15.0. The van der Waals surface area contributed by atoms with Gasteiger partial charge in [0, 0.05) is 37.8 Å². The van der Waals surface area contributed by atoms with Gasteiger partial charge in [0.05, 0.1) is 30.1 Å². The Morgan fingerprint density at radius 2 is 2.00 bits per heavy atom. The maximum absolute atomic E-state index is 13.2. The Balaban J connectivity index is 1.45. The number of nitrogens with zero attached hydrogens (tertiary/aromatic N) is 6. The molecule has 2 aliphatic rings. The first-order valence-corrected chi connectivity index (χ1v) is 10.2. The minimum Gasteiger partial charge on any atom is -0.476 e. The summed E-state index contributed by atoms with van der Waals surface area (Å²) in [5.74, 6) is -1.56. The summed E-state index contributed by atoms with van der Waals surface area (Å²) < 4.78 is 0. The van der Waals surface area contributed by atoms with Crippen LogP contribution in [0.5, 0.6) is 0 Å². The van der Waals surface area contributed by atoms with Gasteiger partial charge in [0.1, 0.15) is 6.07 Å². The second-order valence-electron chi connectivity index (χ2n) is 7.36. The average Bonchev–Trinajstić information content (AvgIpc) is 3.28. The van der Waals surface area contributed by atoms with Gasteiger partial charge in [0.2, 0.25) is 11.2 Å². The maximum Gasteiger partial charge on any atom is 0.356 e. The van der Waals surface area contributed by atoms with E-state index in [1.165, 1.54) is 17.5 Å². The number of carbonyl (C=O) groups is 2. The Morgan fingerprint density at radius 3 is 2.71 bits per heavy atom. The lowest BCUT2D eigenvalue weighted by Gasteiger charge is -2.35. The summed E-state index contributed by atoms with van der Waals surface area (Å²) >= 11 is 5.73. The molecule has 11 heteroatoms. The van der Waals surface area contributed by atoms with Crippen LogP contribution < -0.4 is 4.90 Å². The summed E-state index contributed by atoms with van der Waals surface area (Å²) in [5.41, 5.74) is 1.44. The Morgan fingerprint density at radius 1 is 1.23 bits per heavy atom. The quantitative estimate of drug-likeness (QED) is 0.707. The fourth-order valence-electron chi connectivity index (χ4n) is 3.98. The largest absolute Gasteiger partial charge is 0.476 e. The highest BCUT2D eigenvalue weighted by Crippen LogP contribution is 2.34. The normalized spacial score (nSPS) is 19.3. The van der Waals surface area contributed by atoms with Crippen LogP contribution in [-0.2, 0) is 9.63 Å². The fraction of sp³-hybridized carbons (Fsp3) is 0.400. The van der Waals surface area contributed by atoms with Gasteiger partial charge < -0.3 is 10.0 Å². The highest BCUT2D eigenvalue weighted by Gasteiger charge is 2.37. The van der Waals surface area contributed by atoms with Crippen LogP contribution in [0.4, 0.5) is 5.69 Å². The van der Waals surface area contributed by atoms with E-state index in [1.807, 2.05) is 4.90 Å². The Labute approximate surface area is 183 Å². The number of rotatable bonds is 4. The minimum atomic E-state index is -1.18. The first-order valence-electron chi connectivity index (χ1n) is 9.79. The molecule has 2 aromatic rings. The first kappa shape index (κ1) is 21.0. The monoisotopic (exact) mass is 442 g/mol. The molecule has 1 amide bonds. The molecular weight excluding hydrogens is 424 g/mol. The van der Waals surface area contributed by atoms with Crippen molar-refractivity contribution in [1.29, 1.82) is 5.26 Å². The minimum absolute atomic E-state index is 0.115. The van der Waals surface area contributed by atoms with Gasteiger partial charge in [-0.2, -0.15) is 5.26 Å². The summed E-state index contributed by atoms with van der Waals surface area (Å²) in [4.78, 5) is 43.9. The van der Waals surface area contributed by atoms with Crippen LogP contribution in [0, 0.1) is 17.2 Å². The van der Waals surface area contributed by atoms with Gasteiger partial charge in [-0.1, -0.05) is 0 Å². The molecule has 2 fully saturated rings. The Hall–Kier alpha value is -3.29. The van der Waals surface area contributed by atoms with E-state index in [4.69, 9.17) is 21.7 Å². The van der Waals surface area contributed by atoms with Crippen molar-refractivity contribution in [2.75, 3.05) is 24.6 Å². The predicted octanol–water partition coefficient (Wildman–Crippen LogP) is 2.22. The number of amides is 1. The zero-order chi connectivity index (χ0) is 22.0. The molecule has 2 aromatic heterocycles. The number of halogens is 1. The number of pyridine rings is 1. The number of aromatic carboxylic acids is 1. The Bertz CT molecular complexity index is 1050. The summed E-state index contributed by atoms with van der Waals surface area (Å²) in [5, 5.41) is 19.8. The van der Waals surface area contributed by atoms with Crippen LogP contribution in [0.15, 0.2) is 24.7 Å². The van der Waals surface area contributed by atoms with Crippen LogP contribution in [0.2, 0.25) is 5.28 Å². The second kappa shape index (κ2) is 8.83. The zero-order valence-corrected chi connectivity index (χ0v) is 17.2. The van der Waals surface area contributed by atoms with E-state index in [9.17, 15) is 14.7 Å². The number of carboxylic acids is 1. The zero-order valence-electron chi connectivity index (χ0n) is 16.4. The van der Waals surface area contributed by atoms with Crippen LogP contribution in [0.1, 0.15) is 46.9 Å². The molecular formula is C20H19ClN6O4. The number of piperidine rings is 1. The molecule has 2 saturated heterocycles. The SMILES string of the molecule is N#Cc1cncc([C@@H]2CCON2C(=O)C2CCN(c3cnc(Cl)nc3C(=O)O)CC2)c1. The fourth-order valence-corrected chi connectivity index (χ4v) is 4.11. The maximum atomic E-state index is 13.2. The van der Waals surface area contributed by atoms with Gasteiger partial charge in [0.25, 0.3) is 0 Å². The van der Waals surface area contributed by atoms with E-state index in [2.05, 4.69) is 21.0 Å². The third kappa shape index (κ3) is 4.28. The molecule has 0 aromatic carbocycles. The molecule has 31 heavy (non-hydrogen) atoms. The Kier molecular flexibility index (Phi) is 5.97. The molecule has 160 valence electrons. The van der Waals surface area contributed by atoms with Crippen molar-refractivity contribution in [1.82, 2.24) is 20.0 Å². The summed E-state index contributed by atoms with van der Waals surface area (Å²) in [6.45, 7) is 1.37. The van der Waals surface area contributed by atoms with Crippen LogP contribution in [0.25, 0.3) is 0 Å². The van der Waals surface area contributed by atoms with E-state index in [-0.39, 0.29) is 28.8 Å². The van der Waals surface area contributed by atoms with Gasteiger partial charge in [-0.15, -0.1) is 0 Å². The van der Waals surface area contributed by atoms with Crippen molar-refractivity contribution in [3.63, 3.8) is 0 Å². The van der Waals surface area contributed by atoms with Crippen molar-refractivity contribution in [3.8, 4) is 6.07 Å². The predicted molar refractivity (Wildman–Crippen MR) is 108 cm³/mol. The van der Waals surface area contributed by atoms with Crippen molar-refractivity contribution < 1.29 is 19.5 Å². The molecule has 0 bridgehead atoms. The lowest BCUT2D eigenvalue weighted by Crippen LogP contribution is -2.42. The van der Waals surface area contributed by atoms with E-state index >= 15 is 0 Å². The molecule has 10 nitrogen and oxygen atoms in total. The number of aromatic nitrogens is 3. The van der Waals surface area contributed by atoms with Gasteiger partial charge >= 0.3 is 5.97 Å². The van der Waals surface area contributed by atoms with E-state index in [0.717, 1.165) is 5.56 Å². The standard InChI is InChI=1S/C20H19ClN6O4/c21-20-24-11-16(17(25-20)19(29)30)26-4-1-13(2-5-26)18(28)27-15(3-6-31-27)14-7-12(8-22)9-23-10-14/h7,9-11,13,15H,1-6H2,(H,29,30)/t15-/m0/s1. The average molecular weight is 443 g/mol. The van der Waals surface area contributed by atoms with Crippen molar-refractivity contribution >= 4 is 29.2 Å². The molecule has 2 aliphatic heterocycles. The summed E-state index contributed by atoms with van der Waals surface area (Å²) in [6, 6.07) is 3.50. The number of hydrogen-bond donors (Lipinski definition) is 1. The number of carbonyl (C=O) groups excluding carboxylic acids is 1. The molecule has 0 radical (unpaired) electrons. The number of carboxylic acid groups (broad SMARTS) is 1. The highest BCUT2D eigenvalue weighted by atomic mass is 35.5.